The van der Waals surface area contributed by atoms with Gasteiger partial charge in [-0.25, -0.2) is 14.4 Å². The Labute approximate surface area is 380 Å². The molecule has 63 heavy (non-hydrogen) atoms. The zero-order valence-electron chi connectivity index (χ0n) is 33.0. The molecule has 0 bridgehead atoms. The van der Waals surface area contributed by atoms with Crippen LogP contribution in [0.4, 0.5) is 0 Å². The molecular formula is C47H34Cl4O12. The molecule has 6 aromatic rings. The number of benzene rings is 6. The summed E-state index contributed by atoms with van der Waals surface area (Å²) in [6, 6.07) is 25.7. The van der Waals surface area contributed by atoms with Gasteiger partial charge in [0.25, 0.3) is 0 Å². The highest BCUT2D eigenvalue weighted by molar-refractivity contribution is 6.37. The van der Waals surface area contributed by atoms with Crippen LogP contribution in [0.5, 0.6) is 23.0 Å². The minimum atomic E-state index is -0.910. The summed E-state index contributed by atoms with van der Waals surface area (Å²) in [5, 5.41) is 31.4. The number of esters is 3. The fraction of sp³-hybridized carbons (Fsp3) is 0.128. The average molecular weight is 933 g/mol. The molecule has 0 spiro atoms. The fourth-order valence-corrected chi connectivity index (χ4v) is 7.44. The first kappa shape index (κ1) is 46.4. The highest BCUT2D eigenvalue weighted by atomic mass is 35.5. The molecule has 12 nitrogen and oxygen atoms in total. The van der Waals surface area contributed by atoms with E-state index in [1.165, 1.54) is 98.1 Å². The van der Waals surface area contributed by atoms with E-state index >= 15 is 0 Å². The molecule has 0 amide bonds. The number of hydrogen-bond donors (Lipinski definition) is 3. The Bertz CT molecular complexity index is 2770. The molecule has 0 saturated heterocycles. The maximum Gasteiger partial charge on any atom is 0.343 e. The molecule has 0 fully saturated rings. The highest BCUT2D eigenvalue weighted by Crippen LogP contribution is 2.30. The van der Waals surface area contributed by atoms with Gasteiger partial charge in [0.2, 0.25) is 0 Å². The summed E-state index contributed by atoms with van der Waals surface area (Å²) in [6.45, 7) is -1.83. The third-order valence-electron chi connectivity index (χ3n) is 9.56. The number of rotatable bonds is 16. The standard InChI is InChI=1S/C47H34Cl4O12/c1-60-44-21-34(6-3-26(44)18-43(56)39-11-5-31(49)20-41(39)51)63-47(59)37-13-8-33(17-29(37)24-54)62-46(58)36-12-7-32(16-28(36)23-53)61-45(57)35-9-2-25(14-27(35)22-52)15-42(55)38-10-4-30(48)19-40(38)50/h2-14,16-17,19-21,52-54H,15,18,22-24H2,1H3. The number of methoxy groups -OCH3 is 1. The molecule has 6 rings (SSSR count). The van der Waals surface area contributed by atoms with Crippen molar-refractivity contribution in [2.45, 2.75) is 32.7 Å². The molecule has 0 aromatic heterocycles. The monoisotopic (exact) mass is 930 g/mol. The zero-order chi connectivity index (χ0) is 45.4. The van der Waals surface area contributed by atoms with E-state index in [1.807, 2.05) is 0 Å². The lowest BCUT2D eigenvalue weighted by Crippen LogP contribution is -2.15. The molecule has 322 valence electrons. The van der Waals surface area contributed by atoms with Crippen molar-refractivity contribution in [3.05, 3.63) is 185 Å². The van der Waals surface area contributed by atoms with Crippen molar-refractivity contribution in [2.24, 2.45) is 0 Å². The number of ketones is 2. The smallest absolute Gasteiger partial charge is 0.343 e. The Morgan fingerprint density at radius 3 is 1.29 bits per heavy atom. The van der Waals surface area contributed by atoms with Crippen molar-refractivity contribution in [2.75, 3.05) is 7.11 Å². The van der Waals surface area contributed by atoms with Crippen molar-refractivity contribution in [3.63, 3.8) is 0 Å². The Kier molecular flexibility index (Phi) is 15.4. The van der Waals surface area contributed by atoms with Gasteiger partial charge in [-0.3, -0.25) is 9.59 Å². The number of aliphatic hydroxyl groups is 3. The summed E-state index contributed by atoms with van der Waals surface area (Å²) in [4.78, 5) is 65.6. The largest absolute Gasteiger partial charge is 0.496 e. The molecule has 0 aliphatic rings. The summed E-state index contributed by atoms with van der Waals surface area (Å²) in [5.41, 5.74) is 1.77. The topological polar surface area (TPSA) is 183 Å². The van der Waals surface area contributed by atoms with E-state index in [9.17, 15) is 39.3 Å². The zero-order valence-corrected chi connectivity index (χ0v) is 36.0. The van der Waals surface area contributed by atoms with Crippen LogP contribution < -0.4 is 18.9 Å². The van der Waals surface area contributed by atoms with Gasteiger partial charge in [0.1, 0.15) is 23.0 Å². The molecular weight excluding hydrogens is 898 g/mol. The van der Waals surface area contributed by atoms with Gasteiger partial charge in [-0.2, -0.15) is 0 Å². The number of ether oxygens (including phenoxy) is 4. The molecule has 6 aromatic carbocycles. The van der Waals surface area contributed by atoms with E-state index in [0.29, 0.717) is 21.2 Å². The summed E-state index contributed by atoms with van der Waals surface area (Å²) in [7, 11) is 1.39. The van der Waals surface area contributed by atoms with Crippen LogP contribution in [0.3, 0.4) is 0 Å². The van der Waals surface area contributed by atoms with E-state index in [1.54, 1.807) is 18.2 Å². The maximum absolute atomic E-state index is 13.3. The highest BCUT2D eigenvalue weighted by Gasteiger charge is 2.22. The van der Waals surface area contributed by atoms with Crippen LogP contribution in [0, 0.1) is 0 Å². The number of carbonyl (C=O) groups excluding carboxylic acids is 5. The SMILES string of the molecule is COc1cc(OC(=O)c2ccc(OC(=O)c3ccc(OC(=O)c4ccc(CC(=O)c5ccc(Cl)cc5Cl)cc4CO)cc3CO)cc2CO)ccc1CC(=O)c1ccc(Cl)cc1Cl. The van der Waals surface area contributed by atoms with Crippen LogP contribution in [0.15, 0.2) is 109 Å². The minimum absolute atomic E-state index is 0.0156. The van der Waals surface area contributed by atoms with Crippen molar-refractivity contribution in [3.8, 4) is 23.0 Å². The van der Waals surface area contributed by atoms with Gasteiger partial charge in [-0.15, -0.1) is 0 Å². The van der Waals surface area contributed by atoms with Crippen LogP contribution in [0.2, 0.25) is 20.1 Å². The second kappa shape index (κ2) is 20.9. The molecule has 0 unspecified atom stereocenters. The summed E-state index contributed by atoms with van der Waals surface area (Å²) >= 11 is 24.3. The Morgan fingerprint density at radius 1 is 0.444 bits per heavy atom. The van der Waals surface area contributed by atoms with Crippen LogP contribution in [-0.2, 0) is 32.7 Å². The van der Waals surface area contributed by atoms with E-state index in [2.05, 4.69) is 0 Å². The van der Waals surface area contributed by atoms with Gasteiger partial charge in [-0.1, -0.05) is 64.6 Å². The van der Waals surface area contributed by atoms with Crippen LogP contribution in [-0.4, -0.2) is 51.9 Å². The van der Waals surface area contributed by atoms with Gasteiger partial charge in [0.05, 0.1) is 53.7 Å². The van der Waals surface area contributed by atoms with Gasteiger partial charge in [0, 0.05) is 45.6 Å². The van der Waals surface area contributed by atoms with E-state index in [-0.39, 0.29) is 102 Å². The molecule has 0 aliphatic carbocycles. The normalized spacial score (nSPS) is 10.9. The number of carbonyl (C=O) groups is 5. The molecule has 0 radical (unpaired) electrons. The van der Waals surface area contributed by atoms with Gasteiger partial charge in [0.15, 0.2) is 11.6 Å². The molecule has 0 heterocycles. The lowest BCUT2D eigenvalue weighted by molar-refractivity contribution is 0.0721. The Balaban J connectivity index is 1.09. The number of hydrogen-bond acceptors (Lipinski definition) is 12. The van der Waals surface area contributed by atoms with Gasteiger partial charge < -0.3 is 34.3 Å². The van der Waals surface area contributed by atoms with E-state index < -0.39 is 37.7 Å². The third-order valence-corrected chi connectivity index (χ3v) is 10.7. The maximum atomic E-state index is 13.3. The number of aliphatic hydroxyl groups excluding tert-OH is 3. The molecule has 0 atom stereocenters. The predicted octanol–water partition coefficient (Wildman–Crippen LogP) is 9.29. The van der Waals surface area contributed by atoms with E-state index in [4.69, 9.17) is 65.4 Å². The minimum Gasteiger partial charge on any atom is -0.496 e. The summed E-state index contributed by atoms with van der Waals surface area (Å²) < 4.78 is 22.0. The molecule has 0 aliphatic heterocycles. The Hall–Kier alpha value is -6.09. The van der Waals surface area contributed by atoms with Gasteiger partial charge in [-0.05, 0) is 107 Å². The lowest BCUT2D eigenvalue weighted by atomic mass is 9.98. The Morgan fingerprint density at radius 2 is 0.841 bits per heavy atom. The summed E-state index contributed by atoms with van der Waals surface area (Å²) in [5.74, 6) is -2.92. The lowest BCUT2D eigenvalue weighted by Gasteiger charge is -2.14. The first-order valence-corrected chi connectivity index (χ1v) is 20.2. The van der Waals surface area contributed by atoms with Crippen molar-refractivity contribution < 1.29 is 58.2 Å². The molecule has 16 heteroatoms. The van der Waals surface area contributed by atoms with Crippen LogP contribution >= 0.6 is 46.4 Å². The molecule has 3 N–H and O–H groups in total. The fourth-order valence-electron chi connectivity index (χ4n) is 6.41. The number of halogens is 4. The van der Waals surface area contributed by atoms with Crippen molar-refractivity contribution in [1.82, 2.24) is 0 Å². The second-order valence-corrected chi connectivity index (χ2v) is 15.4. The van der Waals surface area contributed by atoms with Crippen LogP contribution in [0.1, 0.15) is 79.6 Å². The summed E-state index contributed by atoms with van der Waals surface area (Å²) in [6.07, 6.45) is -0.136. The van der Waals surface area contributed by atoms with Crippen molar-refractivity contribution >= 4 is 75.9 Å². The van der Waals surface area contributed by atoms with Crippen LogP contribution in [0.25, 0.3) is 0 Å². The van der Waals surface area contributed by atoms with Crippen molar-refractivity contribution in [1.29, 1.82) is 0 Å². The van der Waals surface area contributed by atoms with E-state index in [0.717, 1.165) is 0 Å². The van der Waals surface area contributed by atoms with Gasteiger partial charge >= 0.3 is 17.9 Å². The number of Topliss-reactive ketones (excluding diaryl/α,β-unsaturated/α-hetero) is 2. The third kappa shape index (κ3) is 11.3. The first-order chi connectivity index (χ1) is 30.2. The predicted molar refractivity (Wildman–Crippen MR) is 234 cm³/mol. The molecule has 0 saturated carbocycles. The quantitative estimate of drug-likeness (QED) is 0.0476. The average Bonchev–Trinajstić information content (AvgIpc) is 3.26. The first-order valence-electron chi connectivity index (χ1n) is 18.7. The second-order valence-electron chi connectivity index (χ2n) is 13.7.